The van der Waals surface area contributed by atoms with Gasteiger partial charge in [-0.1, -0.05) is 23.2 Å². The first-order chi connectivity index (χ1) is 11.8. The van der Waals surface area contributed by atoms with Crippen LogP contribution in [0.1, 0.15) is 17.3 Å². The first kappa shape index (κ1) is 19.0. The number of hydrogen-bond donors (Lipinski definition) is 1. The van der Waals surface area contributed by atoms with Crippen LogP contribution in [-0.2, 0) is 9.53 Å². The maximum atomic E-state index is 12.1. The van der Waals surface area contributed by atoms with E-state index in [0.29, 0.717) is 10.6 Å². The van der Waals surface area contributed by atoms with Gasteiger partial charge < -0.3 is 15.0 Å². The Bertz CT molecular complexity index is 779. The van der Waals surface area contributed by atoms with Crippen LogP contribution in [0.25, 0.3) is 0 Å². The molecule has 0 saturated carbocycles. The number of anilines is 2. The standard InChI is InChI=1S/C17H17Cl2N3O3/c1-10(16(23)21-15-14(19)8-12(18)9-20-15)25-17(24)11-4-6-13(7-5-11)22(2)3/h4-10H,1-3H3,(H,20,21,23)/t10-/m1/s1. The van der Waals surface area contributed by atoms with Gasteiger partial charge >= 0.3 is 5.97 Å². The largest absolute Gasteiger partial charge is 0.449 e. The maximum Gasteiger partial charge on any atom is 0.338 e. The second-order valence-electron chi connectivity index (χ2n) is 5.46. The van der Waals surface area contributed by atoms with Crippen molar-refractivity contribution in [3.05, 3.63) is 52.1 Å². The van der Waals surface area contributed by atoms with Crippen LogP contribution in [0.2, 0.25) is 10.0 Å². The number of esters is 1. The van der Waals surface area contributed by atoms with Crippen molar-refractivity contribution < 1.29 is 14.3 Å². The molecular weight excluding hydrogens is 365 g/mol. The molecule has 2 aromatic rings. The summed E-state index contributed by atoms with van der Waals surface area (Å²) in [5.41, 5.74) is 1.30. The van der Waals surface area contributed by atoms with E-state index in [1.54, 1.807) is 24.3 Å². The number of hydrogen-bond acceptors (Lipinski definition) is 5. The SMILES string of the molecule is C[C@@H](OC(=O)c1ccc(N(C)C)cc1)C(=O)Nc1ncc(Cl)cc1Cl. The number of pyridine rings is 1. The van der Waals surface area contributed by atoms with Gasteiger partial charge in [-0.25, -0.2) is 9.78 Å². The summed E-state index contributed by atoms with van der Waals surface area (Å²) in [5, 5.41) is 3.04. The molecule has 1 N–H and O–H groups in total. The molecule has 2 rings (SSSR count). The number of amides is 1. The Balaban J connectivity index is 1.99. The minimum atomic E-state index is -1.02. The monoisotopic (exact) mass is 381 g/mol. The van der Waals surface area contributed by atoms with Gasteiger partial charge in [-0.05, 0) is 37.3 Å². The Kier molecular flexibility index (Phi) is 6.22. The van der Waals surface area contributed by atoms with E-state index in [1.165, 1.54) is 19.2 Å². The predicted octanol–water partition coefficient (Wildman–Crippen LogP) is 3.64. The summed E-state index contributed by atoms with van der Waals surface area (Å²) in [6.45, 7) is 1.46. The molecule has 0 saturated heterocycles. The number of halogens is 2. The normalized spacial score (nSPS) is 11.6. The van der Waals surface area contributed by atoms with Crippen molar-refractivity contribution in [1.82, 2.24) is 4.98 Å². The average molecular weight is 382 g/mol. The molecule has 25 heavy (non-hydrogen) atoms. The molecule has 1 amide bonds. The van der Waals surface area contributed by atoms with E-state index in [4.69, 9.17) is 27.9 Å². The lowest BCUT2D eigenvalue weighted by Gasteiger charge is -2.15. The van der Waals surface area contributed by atoms with E-state index in [9.17, 15) is 9.59 Å². The number of carbonyl (C=O) groups excluding carboxylic acids is 2. The third-order valence-corrected chi connectivity index (χ3v) is 3.82. The van der Waals surface area contributed by atoms with E-state index in [1.807, 2.05) is 19.0 Å². The molecule has 1 aromatic carbocycles. The van der Waals surface area contributed by atoms with Crippen LogP contribution in [0, 0.1) is 0 Å². The third kappa shape index (κ3) is 5.08. The minimum absolute atomic E-state index is 0.148. The number of carbonyl (C=O) groups is 2. The van der Waals surface area contributed by atoms with Crippen LogP contribution in [-0.4, -0.2) is 37.1 Å². The Labute approximate surface area is 155 Å². The van der Waals surface area contributed by atoms with E-state index in [2.05, 4.69) is 10.3 Å². The molecule has 0 aliphatic heterocycles. The molecule has 0 unspecified atom stereocenters. The van der Waals surface area contributed by atoms with Crippen LogP contribution in [0.3, 0.4) is 0 Å². The van der Waals surface area contributed by atoms with Gasteiger partial charge in [0.25, 0.3) is 5.91 Å². The van der Waals surface area contributed by atoms with Crippen LogP contribution < -0.4 is 10.2 Å². The van der Waals surface area contributed by atoms with Crippen molar-refractivity contribution in [3.8, 4) is 0 Å². The minimum Gasteiger partial charge on any atom is -0.449 e. The fraction of sp³-hybridized carbons (Fsp3) is 0.235. The summed E-state index contributed by atoms with van der Waals surface area (Å²) in [5.74, 6) is -0.993. The van der Waals surface area contributed by atoms with Crippen LogP contribution >= 0.6 is 23.2 Å². The molecule has 0 spiro atoms. The second-order valence-corrected chi connectivity index (χ2v) is 6.31. The van der Waals surface area contributed by atoms with Crippen molar-refractivity contribution in [1.29, 1.82) is 0 Å². The molecular formula is C17H17Cl2N3O3. The predicted molar refractivity (Wildman–Crippen MR) is 98.5 cm³/mol. The number of nitrogens with zero attached hydrogens (tertiary/aromatic N) is 2. The fourth-order valence-corrected chi connectivity index (χ4v) is 2.33. The molecule has 0 aliphatic carbocycles. The highest BCUT2D eigenvalue weighted by Gasteiger charge is 2.20. The van der Waals surface area contributed by atoms with Crippen LogP contribution in [0.15, 0.2) is 36.5 Å². The average Bonchev–Trinajstić information content (AvgIpc) is 2.57. The maximum absolute atomic E-state index is 12.1. The van der Waals surface area contributed by atoms with Crippen molar-refractivity contribution in [3.63, 3.8) is 0 Å². The van der Waals surface area contributed by atoms with E-state index in [0.717, 1.165) is 5.69 Å². The highest BCUT2D eigenvalue weighted by Crippen LogP contribution is 2.22. The van der Waals surface area contributed by atoms with Gasteiger partial charge in [0.1, 0.15) is 0 Å². The molecule has 0 radical (unpaired) electrons. The number of benzene rings is 1. The van der Waals surface area contributed by atoms with Crippen molar-refractivity contribution in [2.75, 3.05) is 24.3 Å². The van der Waals surface area contributed by atoms with Crippen molar-refractivity contribution >= 4 is 46.6 Å². The van der Waals surface area contributed by atoms with Gasteiger partial charge in [-0.3, -0.25) is 4.79 Å². The Morgan fingerprint density at radius 3 is 2.40 bits per heavy atom. The van der Waals surface area contributed by atoms with Gasteiger partial charge in [0.2, 0.25) is 0 Å². The topological polar surface area (TPSA) is 71.5 Å². The van der Waals surface area contributed by atoms with Gasteiger partial charge in [0.05, 0.1) is 15.6 Å². The quantitative estimate of drug-likeness (QED) is 0.800. The summed E-state index contributed by atoms with van der Waals surface area (Å²) in [6.07, 6.45) is 0.334. The first-order valence-corrected chi connectivity index (χ1v) is 8.14. The Morgan fingerprint density at radius 2 is 1.84 bits per heavy atom. The lowest BCUT2D eigenvalue weighted by atomic mass is 10.2. The number of rotatable bonds is 5. The lowest BCUT2D eigenvalue weighted by molar-refractivity contribution is -0.123. The van der Waals surface area contributed by atoms with Gasteiger partial charge in [0.15, 0.2) is 11.9 Å². The van der Waals surface area contributed by atoms with Crippen molar-refractivity contribution in [2.24, 2.45) is 0 Å². The smallest absolute Gasteiger partial charge is 0.338 e. The first-order valence-electron chi connectivity index (χ1n) is 7.38. The fourth-order valence-electron chi connectivity index (χ4n) is 1.90. The summed E-state index contributed by atoms with van der Waals surface area (Å²) in [4.78, 5) is 30.1. The molecule has 1 atom stereocenters. The number of ether oxygens (including phenoxy) is 1. The summed E-state index contributed by atoms with van der Waals surface area (Å²) in [6, 6.07) is 8.31. The lowest BCUT2D eigenvalue weighted by Crippen LogP contribution is -2.30. The zero-order valence-electron chi connectivity index (χ0n) is 13.9. The highest BCUT2D eigenvalue weighted by molar-refractivity contribution is 6.36. The highest BCUT2D eigenvalue weighted by atomic mass is 35.5. The Morgan fingerprint density at radius 1 is 1.20 bits per heavy atom. The number of aromatic nitrogens is 1. The molecule has 6 nitrogen and oxygen atoms in total. The molecule has 0 fully saturated rings. The van der Waals surface area contributed by atoms with Gasteiger partial charge in [-0.2, -0.15) is 0 Å². The molecule has 0 aliphatic rings. The molecule has 0 bridgehead atoms. The van der Waals surface area contributed by atoms with Crippen molar-refractivity contribution in [2.45, 2.75) is 13.0 Å². The Hall–Kier alpha value is -2.31. The van der Waals surface area contributed by atoms with E-state index < -0.39 is 18.0 Å². The number of nitrogens with one attached hydrogen (secondary N) is 1. The van der Waals surface area contributed by atoms with E-state index >= 15 is 0 Å². The van der Waals surface area contributed by atoms with Gasteiger partial charge in [0, 0.05) is 26.0 Å². The zero-order valence-corrected chi connectivity index (χ0v) is 15.4. The summed E-state index contributed by atoms with van der Waals surface area (Å²) >= 11 is 11.7. The zero-order chi connectivity index (χ0) is 18.6. The van der Waals surface area contributed by atoms with Crippen LogP contribution in [0.4, 0.5) is 11.5 Å². The molecule has 132 valence electrons. The summed E-state index contributed by atoms with van der Waals surface area (Å²) in [7, 11) is 3.80. The summed E-state index contributed by atoms with van der Waals surface area (Å²) < 4.78 is 5.17. The van der Waals surface area contributed by atoms with Crippen LogP contribution in [0.5, 0.6) is 0 Å². The second kappa shape index (κ2) is 8.18. The van der Waals surface area contributed by atoms with Gasteiger partial charge in [-0.15, -0.1) is 0 Å². The van der Waals surface area contributed by atoms with E-state index in [-0.39, 0.29) is 10.8 Å². The molecule has 8 heteroatoms. The molecule has 1 aromatic heterocycles. The molecule has 1 heterocycles. The third-order valence-electron chi connectivity index (χ3n) is 3.32.